The Morgan fingerprint density at radius 3 is 2.82 bits per heavy atom. The second kappa shape index (κ2) is 8.48. The van der Waals surface area contributed by atoms with Gasteiger partial charge in [0.05, 0.1) is 28.8 Å². The molecule has 0 fully saturated rings. The van der Waals surface area contributed by atoms with E-state index in [2.05, 4.69) is 21.1 Å². The van der Waals surface area contributed by atoms with Crippen molar-refractivity contribution in [3.05, 3.63) is 29.3 Å². The maximum Gasteiger partial charge on any atom is 0.307 e. The minimum atomic E-state index is -0.309. The third kappa shape index (κ3) is 5.11. The second-order valence-electron chi connectivity index (χ2n) is 4.96. The van der Waals surface area contributed by atoms with Crippen LogP contribution in [0.15, 0.2) is 24.3 Å². The third-order valence-corrected chi connectivity index (χ3v) is 4.36. The summed E-state index contributed by atoms with van der Waals surface area (Å²) in [4.78, 5) is 27.1. The van der Waals surface area contributed by atoms with Crippen LogP contribution in [0.2, 0.25) is 0 Å². The van der Waals surface area contributed by atoms with Crippen molar-refractivity contribution in [1.82, 2.24) is 10.3 Å². The van der Waals surface area contributed by atoms with Gasteiger partial charge < -0.3 is 10.1 Å². The number of unbranched alkanes of at least 4 members (excludes halogenated alkanes) is 1. The number of carbonyl (C=O) groups excluding carboxylic acids is 2. The van der Waals surface area contributed by atoms with Crippen LogP contribution < -0.4 is 5.32 Å². The van der Waals surface area contributed by atoms with Crippen molar-refractivity contribution in [2.75, 3.05) is 13.7 Å². The van der Waals surface area contributed by atoms with Crippen molar-refractivity contribution in [2.45, 2.75) is 32.1 Å². The molecule has 1 amide bonds. The number of fused-ring (bicyclic) bond motifs is 1. The van der Waals surface area contributed by atoms with Crippen LogP contribution >= 0.6 is 11.3 Å². The number of hydrogen-bond donors (Lipinski definition) is 1. The Morgan fingerprint density at radius 2 is 2.05 bits per heavy atom. The molecule has 118 valence electrons. The molecule has 0 radical (unpaired) electrons. The van der Waals surface area contributed by atoms with Gasteiger partial charge in [-0.2, -0.15) is 0 Å². The van der Waals surface area contributed by atoms with Crippen molar-refractivity contribution in [3.8, 4) is 0 Å². The Morgan fingerprint density at radius 1 is 1.23 bits per heavy atom. The number of hydrogen-bond acceptors (Lipinski definition) is 5. The van der Waals surface area contributed by atoms with Crippen LogP contribution in [0, 0.1) is 0 Å². The number of benzene rings is 1. The number of methoxy groups -OCH3 is 1. The van der Waals surface area contributed by atoms with Gasteiger partial charge in [-0.1, -0.05) is 12.1 Å². The third-order valence-electron chi connectivity index (χ3n) is 3.26. The Labute approximate surface area is 133 Å². The van der Waals surface area contributed by atoms with Crippen LogP contribution in [0.1, 0.15) is 30.7 Å². The molecule has 0 spiro atoms. The number of ether oxygens (including phenoxy) is 1. The van der Waals surface area contributed by atoms with Crippen LogP contribution in [0.25, 0.3) is 10.2 Å². The fourth-order valence-electron chi connectivity index (χ4n) is 2.08. The molecule has 2 rings (SSSR count). The molecule has 0 aliphatic carbocycles. The van der Waals surface area contributed by atoms with E-state index < -0.39 is 0 Å². The Bertz CT molecular complexity index is 606. The van der Waals surface area contributed by atoms with E-state index in [0.29, 0.717) is 13.0 Å². The molecule has 1 N–H and O–H groups in total. The van der Waals surface area contributed by atoms with E-state index in [-0.39, 0.29) is 18.3 Å². The van der Waals surface area contributed by atoms with Gasteiger partial charge in [-0.3, -0.25) is 9.59 Å². The molecular formula is C16H20N2O3S. The number of aryl methyl sites for hydroxylation is 1. The maximum atomic E-state index is 11.6. The molecule has 0 saturated carbocycles. The normalized spacial score (nSPS) is 10.6. The summed E-state index contributed by atoms with van der Waals surface area (Å²) in [5.74, 6) is -0.329. The largest absolute Gasteiger partial charge is 0.469 e. The highest BCUT2D eigenvalue weighted by Gasteiger charge is 2.06. The van der Waals surface area contributed by atoms with E-state index in [9.17, 15) is 9.59 Å². The lowest BCUT2D eigenvalue weighted by atomic mass is 10.2. The van der Waals surface area contributed by atoms with Crippen LogP contribution in [0.5, 0.6) is 0 Å². The standard InChI is InChI=1S/C16H20N2O3S/c1-21-16(20)10-11-17-14(19)8-4-5-9-15-18-12-6-2-3-7-13(12)22-15/h2-3,6-7H,4-5,8-11H2,1H3,(H,17,19). The Hall–Kier alpha value is -1.95. The molecule has 6 heteroatoms. The summed E-state index contributed by atoms with van der Waals surface area (Å²) in [6, 6.07) is 8.10. The van der Waals surface area contributed by atoms with Gasteiger partial charge in [0.1, 0.15) is 0 Å². The number of para-hydroxylation sites is 1. The number of nitrogens with one attached hydrogen (secondary N) is 1. The van der Waals surface area contributed by atoms with Crippen LogP contribution in [0.4, 0.5) is 0 Å². The van der Waals surface area contributed by atoms with E-state index >= 15 is 0 Å². The molecule has 0 aliphatic heterocycles. The fraction of sp³-hybridized carbons (Fsp3) is 0.438. The van der Waals surface area contributed by atoms with Gasteiger partial charge in [0.2, 0.25) is 5.91 Å². The molecule has 0 bridgehead atoms. The predicted octanol–water partition coefficient (Wildman–Crippen LogP) is 2.69. The molecule has 2 aromatic rings. The topological polar surface area (TPSA) is 68.3 Å². The molecule has 0 aliphatic rings. The summed E-state index contributed by atoms with van der Waals surface area (Å²) < 4.78 is 5.71. The lowest BCUT2D eigenvalue weighted by Gasteiger charge is -2.03. The summed E-state index contributed by atoms with van der Waals surface area (Å²) in [5, 5.41) is 3.83. The van der Waals surface area contributed by atoms with Crippen LogP contribution in [-0.4, -0.2) is 30.5 Å². The van der Waals surface area contributed by atoms with Crippen LogP contribution in [-0.2, 0) is 20.7 Å². The average Bonchev–Trinajstić information content (AvgIpc) is 2.94. The van der Waals surface area contributed by atoms with Crippen molar-refractivity contribution in [1.29, 1.82) is 0 Å². The van der Waals surface area contributed by atoms with Crippen molar-refractivity contribution < 1.29 is 14.3 Å². The Balaban J connectivity index is 1.62. The number of nitrogens with zero attached hydrogens (tertiary/aromatic N) is 1. The maximum absolute atomic E-state index is 11.6. The number of amides is 1. The highest BCUT2D eigenvalue weighted by molar-refractivity contribution is 7.18. The second-order valence-corrected chi connectivity index (χ2v) is 6.07. The lowest BCUT2D eigenvalue weighted by molar-refractivity contribution is -0.140. The molecule has 1 heterocycles. The molecule has 0 unspecified atom stereocenters. The van der Waals surface area contributed by atoms with Gasteiger partial charge in [-0.15, -0.1) is 11.3 Å². The first-order valence-electron chi connectivity index (χ1n) is 7.37. The van der Waals surface area contributed by atoms with E-state index in [1.807, 2.05) is 18.2 Å². The number of esters is 1. The van der Waals surface area contributed by atoms with Gasteiger partial charge in [-0.25, -0.2) is 4.98 Å². The summed E-state index contributed by atoms with van der Waals surface area (Å²) >= 11 is 1.71. The first-order chi connectivity index (χ1) is 10.7. The molecule has 1 aromatic carbocycles. The monoisotopic (exact) mass is 320 g/mol. The number of rotatable bonds is 8. The number of aromatic nitrogens is 1. The molecule has 22 heavy (non-hydrogen) atoms. The summed E-state index contributed by atoms with van der Waals surface area (Å²) in [6.07, 6.45) is 3.35. The van der Waals surface area contributed by atoms with Gasteiger partial charge in [0.25, 0.3) is 0 Å². The SMILES string of the molecule is COC(=O)CCNC(=O)CCCCc1nc2ccccc2s1. The average molecular weight is 320 g/mol. The van der Waals surface area contributed by atoms with E-state index in [0.717, 1.165) is 29.8 Å². The fourth-order valence-corrected chi connectivity index (χ4v) is 3.09. The first kappa shape index (κ1) is 16.4. The zero-order valence-corrected chi connectivity index (χ0v) is 13.4. The zero-order valence-electron chi connectivity index (χ0n) is 12.6. The van der Waals surface area contributed by atoms with E-state index in [4.69, 9.17) is 0 Å². The van der Waals surface area contributed by atoms with E-state index in [1.165, 1.54) is 11.8 Å². The molecular weight excluding hydrogens is 300 g/mol. The number of thiazole rings is 1. The number of carbonyl (C=O) groups is 2. The molecule has 5 nitrogen and oxygen atoms in total. The van der Waals surface area contributed by atoms with E-state index in [1.54, 1.807) is 11.3 Å². The minimum absolute atomic E-state index is 0.0202. The summed E-state index contributed by atoms with van der Waals surface area (Å²) in [7, 11) is 1.34. The summed E-state index contributed by atoms with van der Waals surface area (Å²) in [5.41, 5.74) is 1.04. The predicted molar refractivity (Wildman–Crippen MR) is 86.8 cm³/mol. The van der Waals surface area contributed by atoms with Crippen molar-refractivity contribution >= 4 is 33.4 Å². The van der Waals surface area contributed by atoms with Crippen LogP contribution in [0.3, 0.4) is 0 Å². The first-order valence-corrected chi connectivity index (χ1v) is 8.18. The van der Waals surface area contributed by atoms with Gasteiger partial charge >= 0.3 is 5.97 Å². The lowest BCUT2D eigenvalue weighted by Crippen LogP contribution is -2.26. The van der Waals surface area contributed by atoms with Gasteiger partial charge in [0.15, 0.2) is 0 Å². The molecule has 0 atom stereocenters. The zero-order chi connectivity index (χ0) is 15.8. The Kier molecular flexibility index (Phi) is 6.33. The quantitative estimate of drug-likeness (QED) is 0.600. The highest BCUT2D eigenvalue weighted by atomic mass is 32.1. The van der Waals surface area contributed by atoms with Gasteiger partial charge in [0, 0.05) is 13.0 Å². The smallest absolute Gasteiger partial charge is 0.307 e. The summed E-state index contributed by atoms with van der Waals surface area (Å²) in [6.45, 7) is 0.337. The highest BCUT2D eigenvalue weighted by Crippen LogP contribution is 2.22. The molecule has 0 saturated heterocycles. The minimum Gasteiger partial charge on any atom is -0.469 e. The van der Waals surface area contributed by atoms with Gasteiger partial charge in [-0.05, 0) is 31.4 Å². The van der Waals surface area contributed by atoms with Crippen molar-refractivity contribution in [3.63, 3.8) is 0 Å². The molecule has 1 aromatic heterocycles. The van der Waals surface area contributed by atoms with Crippen molar-refractivity contribution in [2.24, 2.45) is 0 Å².